The third kappa shape index (κ3) is 2.11. The van der Waals surface area contributed by atoms with Crippen LogP contribution < -0.4 is 10.6 Å². The van der Waals surface area contributed by atoms with Crippen molar-refractivity contribution in [3.8, 4) is 0 Å². The molecule has 0 saturated carbocycles. The predicted octanol–water partition coefficient (Wildman–Crippen LogP) is 2.65. The summed E-state index contributed by atoms with van der Waals surface area (Å²) in [5.74, 6) is 0. The van der Waals surface area contributed by atoms with Crippen LogP contribution in [-0.2, 0) is 0 Å². The van der Waals surface area contributed by atoms with Crippen molar-refractivity contribution < 1.29 is 0 Å². The van der Waals surface area contributed by atoms with Crippen LogP contribution in [0.3, 0.4) is 0 Å². The van der Waals surface area contributed by atoms with E-state index >= 15 is 0 Å². The lowest BCUT2D eigenvalue weighted by Crippen LogP contribution is -2.30. The van der Waals surface area contributed by atoms with Crippen molar-refractivity contribution in [3.63, 3.8) is 0 Å². The maximum atomic E-state index is 3.70. The highest BCUT2D eigenvalue weighted by atomic mass is 32.2. The van der Waals surface area contributed by atoms with Crippen molar-refractivity contribution in [2.75, 3.05) is 11.9 Å². The zero-order chi connectivity index (χ0) is 9.80. The SMILES string of the molecule is C=CCCNC1Nc2ccccc2S1. The summed E-state index contributed by atoms with van der Waals surface area (Å²) in [5, 5.41) is 6.82. The summed E-state index contributed by atoms with van der Waals surface area (Å²) in [7, 11) is 0. The molecule has 0 aromatic heterocycles. The summed E-state index contributed by atoms with van der Waals surface area (Å²) < 4.78 is 0. The van der Waals surface area contributed by atoms with E-state index in [1.807, 2.05) is 17.8 Å². The summed E-state index contributed by atoms with van der Waals surface area (Å²) in [6.07, 6.45) is 2.94. The maximum Gasteiger partial charge on any atom is 0.130 e. The second kappa shape index (κ2) is 4.53. The van der Waals surface area contributed by atoms with Crippen LogP contribution in [0.25, 0.3) is 0 Å². The van der Waals surface area contributed by atoms with Crippen LogP contribution >= 0.6 is 11.8 Å². The Morgan fingerprint density at radius 3 is 3.14 bits per heavy atom. The van der Waals surface area contributed by atoms with Crippen molar-refractivity contribution in [2.45, 2.75) is 16.8 Å². The van der Waals surface area contributed by atoms with Crippen LogP contribution in [0, 0.1) is 0 Å². The lowest BCUT2D eigenvalue weighted by molar-refractivity contribution is 0.704. The number of fused-ring (bicyclic) bond motifs is 1. The highest BCUT2D eigenvalue weighted by Gasteiger charge is 2.19. The predicted molar refractivity (Wildman–Crippen MR) is 62.5 cm³/mol. The van der Waals surface area contributed by atoms with Crippen LogP contribution in [0.15, 0.2) is 41.8 Å². The van der Waals surface area contributed by atoms with Gasteiger partial charge in [-0.25, -0.2) is 0 Å². The molecular weight excluding hydrogens is 192 g/mol. The largest absolute Gasteiger partial charge is 0.360 e. The zero-order valence-electron chi connectivity index (χ0n) is 7.99. The molecule has 74 valence electrons. The highest BCUT2D eigenvalue weighted by Crippen LogP contribution is 2.36. The Kier molecular flexibility index (Phi) is 3.11. The Morgan fingerprint density at radius 1 is 1.50 bits per heavy atom. The van der Waals surface area contributed by atoms with Gasteiger partial charge in [-0.05, 0) is 18.6 Å². The molecule has 14 heavy (non-hydrogen) atoms. The third-order valence-electron chi connectivity index (χ3n) is 2.10. The standard InChI is InChI=1S/C11H14N2S/c1-2-3-8-12-11-13-9-6-4-5-7-10(9)14-11/h2,4-7,11-13H,1,3,8H2. The Labute approximate surface area is 88.8 Å². The van der Waals surface area contributed by atoms with Gasteiger partial charge in [0.1, 0.15) is 5.50 Å². The van der Waals surface area contributed by atoms with Gasteiger partial charge in [-0.3, -0.25) is 5.32 Å². The van der Waals surface area contributed by atoms with Crippen LogP contribution in [-0.4, -0.2) is 12.0 Å². The van der Waals surface area contributed by atoms with Gasteiger partial charge in [0.05, 0.1) is 0 Å². The van der Waals surface area contributed by atoms with Crippen molar-refractivity contribution in [1.29, 1.82) is 0 Å². The minimum Gasteiger partial charge on any atom is -0.360 e. The summed E-state index contributed by atoms with van der Waals surface area (Å²) >= 11 is 1.83. The minimum atomic E-state index is 0.312. The van der Waals surface area contributed by atoms with Gasteiger partial charge in [0.15, 0.2) is 0 Å². The summed E-state index contributed by atoms with van der Waals surface area (Å²) in [6, 6.07) is 8.37. The smallest absolute Gasteiger partial charge is 0.130 e. The molecule has 0 radical (unpaired) electrons. The molecule has 1 aliphatic rings. The number of hydrogen-bond acceptors (Lipinski definition) is 3. The van der Waals surface area contributed by atoms with Gasteiger partial charge in [0.2, 0.25) is 0 Å². The first-order chi connectivity index (χ1) is 6.90. The molecule has 2 rings (SSSR count). The number of thioether (sulfide) groups is 1. The topological polar surface area (TPSA) is 24.1 Å². The van der Waals surface area contributed by atoms with E-state index in [4.69, 9.17) is 0 Å². The van der Waals surface area contributed by atoms with E-state index < -0.39 is 0 Å². The summed E-state index contributed by atoms with van der Waals surface area (Å²) in [6.45, 7) is 4.67. The van der Waals surface area contributed by atoms with E-state index in [2.05, 4.69) is 41.5 Å². The molecule has 1 aromatic rings. The number of rotatable bonds is 4. The van der Waals surface area contributed by atoms with Crippen molar-refractivity contribution in [2.24, 2.45) is 0 Å². The number of anilines is 1. The first-order valence-electron chi connectivity index (χ1n) is 4.76. The van der Waals surface area contributed by atoms with Gasteiger partial charge in [-0.2, -0.15) is 0 Å². The van der Waals surface area contributed by atoms with Gasteiger partial charge in [-0.15, -0.1) is 6.58 Å². The second-order valence-corrected chi connectivity index (χ2v) is 4.32. The molecule has 2 nitrogen and oxygen atoms in total. The van der Waals surface area contributed by atoms with Crippen LogP contribution in [0.1, 0.15) is 6.42 Å². The molecule has 0 aliphatic carbocycles. The normalized spacial score (nSPS) is 18.7. The molecule has 1 atom stereocenters. The van der Waals surface area contributed by atoms with Gasteiger partial charge in [-0.1, -0.05) is 30.0 Å². The zero-order valence-corrected chi connectivity index (χ0v) is 8.81. The quantitative estimate of drug-likeness (QED) is 0.585. The maximum absolute atomic E-state index is 3.70. The average molecular weight is 206 g/mol. The molecule has 0 bridgehead atoms. The molecule has 0 saturated heterocycles. The van der Waals surface area contributed by atoms with Gasteiger partial charge in [0.25, 0.3) is 0 Å². The molecular formula is C11H14N2S. The monoisotopic (exact) mass is 206 g/mol. The number of nitrogens with one attached hydrogen (secondary N) is 2. The molecule has 0 spiro atoms. The highest BCUT2D eigenvalue weighted by molar-refractivity contribution is 8.00. The molecule has 1 aromatic carbocycles. The molecule has 1 unspecified atom stereocenters. The Balaban J connectivity index is 1.88. The Bertz CT molecular complexity index is 300. The first kappa shape index (κ1) is 9.62. The fourth-order valence-corrected chi connectivity index (χ4v) is 2.45. The van der Waals surface area contributed by atoms with Gasteiger partial charge in [0, 0.05) is 17.1 Å². The van der Waals surface area contributed by atoms with Crippen LogP contribution in [0.4, 0.5) is 5.69 Å². The van der Waals surface area contributed by atoms with Gasteiger partial charge < -0.3 is 5.32 Å². The summed E-state index contributed by atoms with van der Waals surface area (Å²) in [4.78, 5) is 1.32. The van der Waals surface area contributed by atoms with E-state index in [-0.39, 0.29) is 0 Å². The fourth-order valence-electron chi connectivity index (χ4n) is 1.40. The van der Waals surface area contributed by atoms with Crippen molar-refractivity contribution >= 4 is 17.4 Å². The van der Waals surface area contributed by atoms with Crippen molar-refractivity contribution in [1.82, 2.24) is 5.32 Å². The Hall–Kier alpha value is -0.930. The Morgan fingerprint density at radius 2 is 2.36 bits per heavy atom. The molecule has 1 heterocycles. The average Bonchev–Trinajstić information content (AvgIpc) is 2.60. The number of benzene rings is 1. The molecule has 0 fully saturated rings. The number of para-hydroxylation sites is 1. The number of hydrogen-bond donors (Lipinski definition) is 2. The van der Waals surface area contributed by atoms with Gasteiger partial charge >= 0.3 is 0 Å². The van der Waals surface area contributed by atoms with E-state index in [0.29, 0.717) is 5.50 Å². The molecule has 3 heteroatoms. The molecule has 2 N–H and O–H groups in total. The molecule has 0 amide bonds. The fraction of sp³-hybridized carbons (Fsp3) is 0.273. The second-order valence-electron chi connectivity index (χ2n) is 3.17. The minimum absolute atomic E-state index is 0.312. The van der Waals surface area contributed by atoms with Crippen LogP contribution in [0.5, 0.6) is 0 Å². The van der Waals surface area contributed by atoms with E-state index in [1.165, 1.54) is 10.6 Å². The van der Waals surface area contributed by atoms with E-state index in [0.717, 1.165) is 13.0 Å². The lowest BCUT2D eigenvalue weighted by atomic mass is 10.3. The summed E-state index contributed by atoms with van der Waals surface area (Å²) in [5.41, 5.74) is 1.54. The third-order valence-corrected chi connectivity index (χ3v) is 3.23. The van der Waals surface area contributed by atoms with E-state index in [9.17, 15) is 0 Å². The molecule has 1 aliphatic heterocycles. The first-order valence-corrected chi connectivity index (χ1v) is 5.64. The lowest BCUT2D eigenvalue weighted by Gasteiger charge is -2.11. The van der Waals surface area contributed by atoms with Crippen molar-refractivity contribution in [3.05, 3.63) is 36.9 Å². The van der Waals surface area contributed by atoms with E-state index in [1.54, 1.807) is 0 Å². The van der Waals surface area contributed by atoms with Crippen LogP contribution in [0.2, 0.25) is 0 Å².